The molecule has 0 atom stereocenters. The number of hydrogen-bond acceptors (Lipinski definition) is 3. The van der Waals surface area contributed by atoms with Crippen LogP contribution in [0.1, 0.15) is 36.7 Å². The lowest BCUT2D eigenvalue weighted by molar-refractivity contribution is 0.101. The first-order valence-corrected chi connectivity index (χ1v) is 7.33. The molecule has 3 heteroatoms. The van der Waals surface area contributed by atoms with Gasteiger partial charge in [-0.05, 0) is 57.2 Å². The van der Waals surface area contributed by atoms with E-state index in [0.29, 0.717) is 5.56 Å². The first-order chi connectivity index (χ1) is 10.4. The highest BCUT2D eigenvalue weighted by Crippen LogP contribution is 2.40. The van der Waals surface area contributed by atoms with E-state index < -0.39 is 0 Å². The standard InChI is InChI=1S/C19H16O3/c1-11(20)12-4-5-15-14(10-12)18-13-8-9-19(2,3)22-16(13)6-7-17(18)21-15/h4-10H,1-3H3. The van der Waals surface area contributed by atoms with Crippen LogP contribution in [0.3, 0.4) is 0 Å². The topological polar surface area (TPSA) is 39.4 Å². The molecule has 2 aromatic carbocycles. The predicted molar refractivity (Wildman–Crippen MR) is 87.5 cm³/mol. The molecule has 0 aliphatic carbocycles. The number of ether oxygens (including phenoxy) is 1. The minimum atomic E-state index is -0.315. The summed E-state index contributed by atoms with van der Waals surface area (Å²) in [4.78, 5) is 11.7. The highest BCUT2D eigenvalue weighted by molar-refractivity contribution is 6.12. The van der Waals surface area contributed by atoms with Crippen molar-refractivity contribution in [2.75, 3.05) is 0 Å². The van der Waals surface area contributed by atoms with Crippen molar-refractivity contribution in [3.05, 3.63) is 47.5 Å². The number of carbonyl (C=O) groups is 1. The maximum absolute atomic E-state index is 11.7. The molecule has 1 aliphatic heterocycles. The molecular formula is C19H16O3. The zero-order valence-electron chi connectivity index (χ0n) is 12.8. The Labute approximate surface area is 128 Å². The Hall–Kier alpha value is -2.55. The number of benzene rings is 2. The van der Waals surface area contributed by atoms with Crippen molar-refractivity contribution >= 4 is 33.8 Å². The van der Waals surface area contributed by atoms with Gasteiger partial charge >= 0.3 is 0 Å². The SMILES string of the molecule is CC(=O)c1ccc2oc3ccc4c(c3c2c1)C=CC(C)(C)O4. The maximum Gasteiger partial charge on any atom is 0.159 e. The van der Waals surface area contributed by atoms with Crippen molar-refractivity contribution in [1.82, 2.24) is 0 Å². The van der Waals surface area contributed by atoms with E-state index in [9.17, 15) is 4.79 Å². The normalized spacial score (nSPS) is 15.8. The van der Waals surface area contributed by atoms with Gasteiger partial charge in [0.2, 0.25) is 0 Å². The molecule has 110 valence electrons. The third kappa shape index (κ3) is 1.86. The van der Waals surface area contributed by atoms with E-state index in [1.807, 2.05) is 44.2 Å². The quantitative estimate of drug-likeness (QED) is 0.594. The van der Waals surface area contributed by atoms with E-state index in [1.165, 1.54) is 0 Å². The van der Waals surface area contributed by atoms with Gasteiger partial charge in [0, 0.05) is 21.9 Å². The van der Waals surface area contributed by atoms with Crippen molar-refractivity contribution in [3.63, 3.8) is 0 Å². The molecule has 0 saturated carbocycles. The van der Waals surface area contributed by atoms with Crippen molar-refractivity contribution in [3.8, 4) is 5.75 Å². The van der Waals surface area contributed by atoms with Crippen LogP contribution in [0.15, 0.2) is 40.8 Å². The fourth-order valence-electron chi connectivity index (χ4n) is 2.95. The van der Waals surface area contributed by atoms with Gasteiger partial charge in [0.15, 0.2) is 5.78 Å². The molecule has 0 N–H and O–H groups in total. The summed E-state index contributed by atoms with van der Waals surface area (Å²) in [6.07, 6.45) is 4.12. The monoisotopic (exact) mass is 292 g/mol. The van der Waals surface area contributed by atoms with Crippen LogP contribution in [0, 0.1) is 0 Å². The minimum absolute atomic E-state index is 0.0500. The Morgan fingerprint density at radius 3 is 2.64 bits per heavy atom. The average molecular weight is 292 g/mol. The molecule has 0 spiro atoms. The Balaban J connectivity index is 2.08. The summed E-state index contributed by atoms with van der Waals surface area (Å²) < 4.78 is 11.9. The van der Waals surface area contributed by atoms with Crippen LogP contribution < -0.4 is 4.74 Å². The summed E-state index contributed by atoms with van der Waals surface area (Å²) >= 11 is 0. The Bertz CT molecular complexity index is 958. The summed E-state index contributed by atoms with van der Waals surface area (Å²) in [5, 5.41) is 1.95. The molecule has 22 heavy (non-hydrogen) atoms. The van der Waals surface area contributed by atoms with Gasteiger partial charge in [-0.1, -0.05) is 6.08 Å². The average Bonchev–Trinajstić information content (AvgIpc) is 2.83. The highest BCUT2D eigenvalue weighted by atomic mass is 16.5. The summed E-state index contributed by atoms with van der Waals surface area (Å²) in [5.41, 5.74) is 2.98. The second kappa shape index (κ2) is 4.23. The molecule has 0 fully saturated rings. The first-order valence-electron chi connectivity index (χ1n) is 7.33. The smallest absolute Gasteiger partial charge is 0.159 e. The van der Waals surface area contributed by atoms with Gasteiger partial charge in [-0.2, -0.15) is 0 Å². The molecule has 3 nitrogen and oxygen atoms in total. The Morgan fingerprint density at radius 1 is 1.09 bits per heavy atom. The van der Waals surface area contributed by atoms with Crippen molar-refractivity contribution < 1.29 is 13.9 Å². The molecule has 0 unspecified atom stereocenters. The third-order valence-corrected chi connectivity index (χ3v) is 4.07. The molecule has 0 bridgehead atoms. The van der Waals surface area contributed by atoms with E-state index >= 15 is 0 Å². The third-order valence-electron chi connectivity index (χ3n) is 4.07. The maximum atomic E-state index is 11.7. The first kappa shape index (κ1) is 13.1. The van der Waals surface area contributed by atoms with Crippen LogP contribution in [-0.4, -0.2) is 11.4 Å². The van der Waals surface area contributed by atoms with Gasteiger partial charge in [0.25, 0.3) is 0 Å². The van der Waals surface area contributed by atoms with Crippen LogP contribution in [0.5, 0.6) is 5.75 Å². The van der Waals surface area contributed by atoms with Crippen LogP contribution in [0.2, 0.25) is 0 Å². The molecule has 3 aromatic rings. The minimum Gasteiger partial charge on any atom is -0.483 e. The van der Waals surface area contributed by atoms with Crippen molar-refractivity contribution in [2.24, 2.45) is 0 Å². The largest absolute Gasteiger partial charge is 0.483 e. The zero-order chi connectivity index (χ0) is 15.5. The second-order valence-corrected chi connectivity index (χ2v) is 6.26. The van der Waals surface area contributed by atoms with Gasteiger partial charge < -0.3 is 9.15 Å². The number of carbonyl (C=O) groups excluding carboxylic acids is 1. The molecule has 1 aromatic heterocycles. The molecule has 1 aliphatic rings. The van der Waals surface area contributed by atoms with Gasteiger partial charge in [-0.3, -0.25) is 4.79 Å². The lowest BCUT2D eigenvalue weighted by Gasteiger charge is -2.28. The van der Waals surface area contributed by atoms with E-state index in [0.717, 1.165) is 33.3 Å². The van der Waals surface area contributed by atoms with E-state index in [2.05, 4.69) is 6.08 Å². The fourth-order valence-corrected chi connectivity index (χ4v) is 2.95. The van der Waals surface area contributed by atoms with Crippen molar-refractivity contribution in [1.29, 1.82) is 0 Å². The lowest BCUT2D eigenvalue weighted by Crippen LogP contribution is -2.27. The van der Waals surface area contributed by atoms with Gasteiger partial charge in [-0.25, -0.2) is 0 Å². The number of furan rings is 1. The molecule has 0 amide bonds. The molecule has 0 saturated heterocycles. The second-order valence-electron chi connectivity index (χ2n) is 6.26. The van der Waals surface area contributed by atoms with Crippen LogP contribution in [0.4, 0.5) is 0 Å². The van der Waals surface area contributed by atoms with Gasteiger partial charge in [-0.15, -0.1) is 0 Å². The van der Waals surface area contributed by atoms with Gasteiger partial charge in [0.1, 0.15) is 22.5 Å². The summed E-state index contributed by atoms with van der Waals surface area (Å²) in [6.45, 7) is 5.63. The van der Waals surface area contributed by atoms with Crippen LogP contribution in [-0.2, 0) is 0 Å². The molecule has 4 rings (SSSR count). The van der Waals surface area contributed by atoms with Crippen molar-refractivity contribution in [2.45, 2.75) is 26.4 Å². The number of ketones is 1. The van der Waals surface area contributed by atoms with E-state index in [-0.39, 0.29) is 11.4 Å². The predicted octanol–water partition coefficient (Wildman–Crippen LogP) is 4.97. The van der Waals surface area contributed by atoms with Gasteiger partial charge in [0.05, 0.1) is 0 Å². The van der Waals surface area contributed by atoms with Crippen LogP contribution in [0.25, 0.3) is 28.0 Å². The van der Waals surface area contributed by atoms with E-state index in [1.54, 1.807) is 13.0 Å². The summed E-state index contributed by atoms with van der Waals surface area (Å²) in [5.74, 6) is 0.893. The Morgan fingerprint density at radius 2 is 1.86 bits per heavy atom. The lowest BCUT2D eigenvalue weighted by atomic mass is 9.98. The number of Topliss-reactive ketones (excluding diaryl/α,β-unsaturated/α-hetero) is 1. The molecule has 2 heterocycles. The Kier molecular flexibility index (Phi) is 2.52. The fraction of sp³-hybridized carbons (Fsp3) is 0.211. The number of fused-ring (bicyclic) bond motifs is 5. The molecule has 0 radical (unpaired) electrons. The summed E-state index contributed by atoms with van der Waals surface area (Å²) in [7, 11) is 0. The summed E-state index contributed by atoms with van der Waals surface area (Å²) in [6, 6.07) is 9.43. The van der Waals surface area contributed by atoms with E-state index in [4.69, 9.17) is 9.15 Å². The molecular weight excluding hydrogens is 276 g/mol. The van der Waals surface area contributed by atoms with Crippen LogP contribution >= 0.6 is 0 Å². The number of rotatable bonds is 1. The number of hydrogen-bond donors (Lipinski definition) is 0. The highest BCUT2D eigenvalue weighted by Gasteiger charge is 2.24. The zero-order valence-corrected chi connectivity index (χ0v) is 12.8.